The molecule has 3 rings (SSSR count). The molecule has 0 atom stereocenters. The summed E-state index contributed by atoms with van der Waals surface area (Å²) in [4.78, 5) is 12.8. The summed E-state index contributed by atoms with van der Waals surface area (Å²) in [5, 5.41) is 8.05. The van der Waals surface area contributed by atoms with Crippen LogP contribution < -0.4 is 11.1 Å². The monoisotopic (exact) mass is 286 g/mol. The Labute approximate surface area is 120 Å². The van der Waals surface area contributed by atoms with Gasteiger partial charge in [-0.3, -0.25) is 9.48 Å². The molecule has 0 spiro atoms. The van der Waals surface area contributed by atoms with E-state index in [-0.39, 0.29) is 5.91 Å². The van der Waals surface area contributed by atoms with E-state index in [9.17, 15) is 4.79 Å². The van der Waals surface area contributed by atoms with Crippen LogP contribution >= 0.6 is 11.3 Å². The van der Waals surface area contributed by atoms with Gasteiger partial charge in [0.1, 0.15) is 0 Å². The van der Waals surface area contributed by atoms with E-state index in [0.717, 1.165) is 15.0 Å². The number of rotatable bonds is 4. The Bertz CT molecular complexity index is 713. The van der Waals surface area contributed by atoms with Gasteiger partial charge in [0.25, 0.3) is 5.91 Å². The summed E-state index contributed by atoms with van der Waals surface area (Å²) in [7, 11) is 0. The number of amides is 1. The van der Waals surface area contributed by atoms with Crippen molar-refractivity contribution in [3.63, 3.8) is 0 Å². The molecule has 0 unspecified atom stereocenters. The van der Waals surface area contributed by atoms with Gasteiger partial charge in [-0.1, -0.05) is 18.2 Å². The fraction of sp³-hybridized carbons (Fsp3) is 0.143. The van der Waals surface area contributed by atoms with Crippen LogP contribution in [0.5, 0.6) is 0 Å². The van der Waals surface area contributed by atoms with Crippen molar-refractivity contribution in [3.05, 3.63) is 47.6 Å². The van der Waals surface area contributed by atoms with E-state index < -0.39 is 0 Å². The third-order valence-electron chi connectivity index (χ3n) is 2.93. The maximum atomic E-state index is 12.1. The summed E-state index contributed by atoms with van der Waals surface area (Å²) in [5.41, 5.74) is 6.20. The molecule has 1 aromatic carbocycles. The first-order chi connectivity index (χ1) is 9.72. The lowest BCUT2D eigenvalue weighted by atomic mass is 10.2. The Kier molecular flexibility index (Phi) is 3.39. The molecule has 3 N–H and O–H groups in total. The molecule has 2 heterocycles. The zero-order chi connectivity index (χ0) is 13.9. The maximum absolute atomic E-state index is 12.1. The molecule has 0 fully saturated rings. The smallest absolute Gasteiger partial charge is 0.261 e. The van der Waals surface area contributed by atoms with E-state index in [2.05, 4.69) is 10.4 Å². The van der Waals surface area contributed by atoms with Gasteiger partial charge in [0, 0.05) is 17.4 Å². The van der Waals surface area contributed by atoms with Crippen molar-refractivity contribution < 1.29 is 4.79 Å². The number of carbonyl (C=O) groups excluding carboxylic acids is 1. The van der Waals surface area contributed by atoms with Crippen LogP contribution in [0.25, 0.3) is 10.1 Å². The number of hydrogen-bond acceptors (Lipinski definition) is 4. The highest BCUT2D eigenvalue weighted by Crippen LogP contribution is 2.24. The Balaban J connectivity index is 1.61. The molecule has 5 nitrogen and oxygen atoms in total. The Morgan fingerprint density at radius 1 is 1.40 bits per heavy atom. The van der Waals surface area contributed by atoms with Crippen molar-refractivity contribution in [3.8, 4) is 0 Å². The normalized spacial score (nSPS) is 10.8. The number of aromatic nitrogens is 2. The molecule has 6 heteroatoms. The van der Waals surface area contributed by atoms with E-state index in [1.807, 2.05) is 30.3 Å². The molecule has 0 bridgehead atoms. The third-order valence-corrected chi connectivity index (χ3v) is 4.04. The van der Waals surface area contributed by atoms with Gasteiger partial charge in [-0.15, -0.1) is 11.3 Å². The van der Waals surface area contributed by atoms with E-state index in [1.54, 1.807) is 17.1 Å². The molecule has 0 aliphatic heterocycles. The predicted molar refractivity (Wildman–Crippen MR) is 80.8 cm³/mol. The van der Waals surface area contributed by atoms with Gasteiger partial charge in [0.05, 0.1) is 23.3 Å². The van der Waals surface area contributed by atoms with Crippen molar-refractivity contribution in [1.29, 1.82) is 0 Å². The number of nitrogens with one attached hydrogen (secondary N) is 1. The number of carbonyl (C=O) groups is 1. The van der Waals surface area contributed by atoms with E-state index in [0.29, 0.717) is 18.8 Å². The Morgan fingerprint density at radius 3 is 3.00 bits per heavy atom. The van der Waals surface area contributed by atoms with Crippen LogP contribution in [0.2, 0.25) is 0 Å². The van der Waals surface area contributed by atoms with Crippen molar-refractivity contribution in [2.45, 2.75) is 6.54 Å². The Morgan fingerprint density at radius 2 is 2.25 bits per heavy atom. The van der Waals surface area contributed by atoms with Crippen LogP contribution in [0.15, 0.2) is 42.7 Å². The molecular formula is C14H14N4OS. The lowest BCUT2D eigenvalue weighted by Crippen LogP contribution is -2.26. The van der Waals surface area contributed by atoms with Gasteiger partial charge in [-0.25, -0.2) is 0 Å². The quantitative estimate of drug-likeness (QED) is 0.771. The van der Waals surface area contributed by atoms with Gasteiger partial charge in [-0.2, -0.15) is 5.10 Å². The highest BCUT2D eigenvalue weighted by atomic mass is 32.1. The molecule has 2 aromatic heterocycles. The standard InChI is InChI=1S/C14H14N4OS/c15-11-8-17-18(9-11)6-5-16-14(19)13-7-10-3-1-2-4-12(10)20-13/h1-4,7-9H,5-6,15H2,(H,16,19). The van der Waals surface area contributed by atoms with Crippen LogP contribution in [0, 0.1) is 0 Å². The van der Waals surface area contributed by atoms with Crippen LogP contribution in [-0.2, 0) is 6.54 Å². The summed E-state index contributed by atoms with van der Waals surface area (Å²) >= 11 is 1.50. The predicted octanol–water partition coefficient (Wildman–Crippen LogP) is 2.11. The molecule has 102 valence electrons. The summed E-state index contributed by atoms with van der Waals surface area (Å²) in [5.74, 6) is -0.0497. The van der Waals surface area contributed by atoms with Crippen molar-refractivity contribution in [1.82, 2.24) is 15.1 Å². The molecule has 0 aliphatic carbocycles. The lowest BCUT2D eigenvalue weighted by molar-refractivity contribution is 0.0956. The van der Waals surface area contributed by atoms with E-state index in [1.165, 1.54) is 11.3 Å². The zero-order valence-corrected chi connectivity index (χ0v) is 11.6. The molecule has 3 aromatic rings. The fourth-order valence-corrected chi connectivity index (χ4v) is 2.95. The minimum atomic E-state index is -0.0497. The van der Waals surface area contributed by atoms with E-state index >= 15 is 0 Å². The van der Waals surface area contributed by atoms with Crippen LogP contribution in [0.4, 0.5) is 5.69 Å². The number of anilines is 1. The van der Waals surface area contributed by atoms with Crippen LogP contribution in [-0.4, -0.2) is 22.2 Å². The highest BCUT2D eigenvalue weighted by Gasteiger charge is 2.09. The van der Waals surface area contributed by atoms with Crippen molar-refractivity contribution >= 4 is 33.0 Å². The SMILES string of the molecule is Nc1cnn(CCNC(=O)c2cc3ccccc3s2)c1. The van der Waals surface area contributed by atoms with E-state index in [4.69, 9.17) is 5.73 Å². The number of hydrogen-bond donors (Lipinski definition) is 2. The molecule has 0 aliphatic rings. The molecule has 20 heavy (non-hydrogen) atoms. The van der Waals surface area contributed by atoms with Gasteiger partial charge in [0.2, 0.25) is 0 Å². The average Bonchev–Trinajstić information content (AvgIpc) is 3.04. The van der Waals surface area contributed by atoms with Crippen molar-refractivity contribution in [2.75, 3.05) is 12.3 Å². The molecule has 0 saturated heterocycles. The second-order valence-electron chi connectivity index (χ2n) is 4.44. The molecule has 0 saturated carbocycles. The first kappa shape index (κ1) is 12.7. The summed E-state index contributed by atoms with van der Waals surface area (Å²) in [6.07, 6.45) is 3.33. The first-order valence-corrected chi connectivity index (χ1v) is 7.09. The van der Waals surface area contributed by atoms with Gasteiger partial charge >= 0.3 is 0 Å². The van der Waals surface area contributed by atoms with Gasteiger partial charge in [0.15, 0.2) is 0 Å². The van der Waals surface area contributed by atoms with Crippen LogP contribution in [0.1, 0.15) is 9.67 Å². The van der Waals surface area contributed by atoms with Crippen LogP contribution in [0.3, 0.4) is 0 Å². The minimum Gasteiger partial charge on any atom is -0.396 e. The summed E-state index contributed by atoms with van der Waals surface area (Å²) < 4.78 is 2.83. The highest BCUT2D eigenvalue weighted by molar-refractivity contribution is 7.20. The fourth-order valence-electron chi connectivity index (χ4n) is 1.97. The summed E-state index contributed by atoms with van der Waals surface area (Å²) in [6.45, 7) is 1.13. The number of nitrogens with zero attached hydrogens (tertiary/aromatic N) is 2. The molecule has 1 amide bonds. The second-order valence-corrected chi connectivity index (χ2v) is 5.52. The number of thiophene rings is 1. The molecule has 0 radical (unpaired) electrons. The number of fused-ring (bicyclic) bond motifs is 1. The second kappa shape index (κ2) is 5.34. The van der Waals surface area contributed by atoms with Gasteiger partial charge < -0.3 is 11.1 Å². The molecular weight excluding hydrogens is 272 g/mol. The maximum Gasteiger partial charge on any atom is 0.261 e. The van der Waals surface area contributed by atoms with Crippen molar-refractivity contribution in [2.24, 2.45) is 0 Å². The van der Waals surface area contributed by atoms with Gasteiger partial charge in [-0.05, 0) is 17.5 Å². The summed E-state index contributed by atoms with van der Waals surface area (Å²) in [6, 6.07) is 9.89. The zero-order valence-electron chi connectivity index (χ0n) is 10.7. The number of nitrogens with two attached hydrogens (primary N) is 1. The lowest BCUT2D eigenvalue weighted by Gasteiger charge is -2.03. The number of nitrogen functional groups attached to an aromatic ring is 1. The third kappa shape index (κ3) is 2.65. The topological polar surface area (TPSA) is 72.9 Å². The Hall–Kier alpha value is -2.34. The number of benzene rings is 1. The minimum absolute atomic E-state index is 0.0497. The largest absolute Gasteiger partial charge is 0.396 e. The average molecular weight is 286 g/mol. The first-order valence-electron chi connectivity index (χ1n) is 6.27.